The number of alkyl halides is 3. The van der Waals surface area contributed by atoms with E-state index in [4.69, 9.17) is 16.3 Å². The van der Waals surface area contributed by atoms with E-state index in [-0.39, 0.29) is 22.7 Å². The largest absolute Gasteiger partial charge is 0.444 e. The van der Waals surface area contributed by atoms with Gasteiger partial charge in [-0.15, -0.1) is 0 Å². The van der Waals surface area contributed by atoms with E-state index in [0.717, 1.165) is 35.4 Å². The number of rotatable bonds is 4. The van der Waals surface area contributed by atoms with E-state index in [2.05, 4.69) is 15.1 Å². The lowest BCUT2D eigenvalue weighted by atomic mass is 10.0. The van der Waals surface area contributed by atoms with Crippen LogP contribution in [0.25, 0.3) is 34.3 Å². The lowest BCUT2D eigenvalue weighted by Crippen LogP contribution is -2.42. The minimum atomic E-state index is -4.49. The normalized spacial score (nSPS) is 15.3. The van der Waals surface area contributed by atoms with E-state index in [9.17, 15) is 18.0 Å². The Bertz CT molecular complexity index is 1560. The van der Waals surface area contributed by atoms with Crippen molar-refractivity contribution in [1.82, 2.24) is 24.6 Å². The standard InChI is InChI=1S/C29H29ClF3N5O2/c1-28(2,3)40-27(39)37-10-8-23(9-11-37)38-17-21(16-36-38)20-13-24-19(14-34-26(24)35-15-20)5-4-18-12-22(30)6-7-25(18)29(31,32)33/h4-7,12-17,23H,8-11H2,1-3H3,(H,34,35)/b5-4+. The fraction of sp³-hybridized carbons (Fsp3) is 0.345. The third-order valence-corrected chi connectivity index (χ3v) is 6.98. The van der Waals surface area contributed by atoms with Gasteiger partial charge in [0.15, 0.2) is 0 Å². The van der Waals surface area contributed by atoms with E-state index >= 15 is 0 Å². The zero-order valence-electron chi connectivity index (χ0n) is 22.3. The number of benzene rings is 1. The third kappa shape index (κ3) is 6.17. The van der Waals surface area contributed by atoms with E-state index in [1.165, 1.54) is 18.2 Å². The molecule has 0 unspecified atom stereocenters. The number of ether oxygens (including phenoxy) is 1. The van der Waals surface area contributed by atoms with Crippen molar-refractivity contribution in [2.75, 3.05) is 13.1 Å². The van der Waals surface area contributed by atoms with Crippen molar-refractivity contribution in [3.05, 3.63) is 70.8 Å². The molecule has 1 aliphatic rings. The molecule has 1 fully saturated rings. The van der Waals surface area contributed by atoms with Gasteiger partial charge in [-0.05, 0) is 63.4 Å². The van der Waals surface area contributed by atoms with Crippen LogP contribution < -0.4 is 0 Å². The summed E-state index contributed by atoms with van der Waals surface area (Å²) in [5.41, 5.74) is 1.71. The Morgan fingerprint density at radius 1 is 1.07 bits per heavy atom. The molecule has 1 aliphatic heterocycles. The van der Waals surface area contributed by atoms with Crippen LogP contribution in [-0.4, -0.2) is 49.4 Å². The highest BCUT2D eigenvalue weighted by molar-refractivity contribution is 6.30. The third-order valence-electron chi connectivity index (χ3n) is 6.75. The molecule has 4 aromatic rings. The second-order valence-electron chi connectivity index (χ2n) is 10.8. The Balaban J connectivity index is 1.33. The van der Waals surface area contributed by atoms with E-state index < -0.39 is 17.3 Å². The Morgan fingerprint density at radius 3 is 2.50 bits per heavy atom. The number of nitrogens with one attached hydrogen (secondary N) is 1. The zero-order valence-corrected chi connectivity index (χ0v) is 23.1. The first-order chi connectivity index (χ1) is 18.9. The van der Waals surface area contributed by atoms with Gasteiger partial charge in [-0.2, -0.15) is 18.3 Å². The molecule has 7 nitrogen and oxygen atoms in total. The van der Waals surface area contributed by atoms with Crippen molar-refractivity contribution in [1.29, 1.82) is 0 Å². The minimum Gasteiger partial charge on any atom is -0.444 e. The first-order valence-electron chi connectivity index (χ1n) is 12.9. The van der Waals surface area contributed by atoms with Gasteiger partial charge in [-0.25, -0.2) is 9.78 Å². The summed E-state index contributed by atoms with van der Waals surface area (Å²) < 4.78 is 47.8. The average Bonchev–Trinajstić information content (AvgIpc) is 3.53. The Morgan fingerprint density at radius 2 is 1.80 bits per heavy atom. The molecule has 1 aromatic carbocycles. The lowest BCUT2D eigenvalue weighted by molar-refractivity contribution is -0.137. The number of carbonyl (C=O) groups is 1. The van der Waals surface area contributed by atoms with Crippen molar-refractivity contribution >= 4 is 40.9 Å². The van der Waals surface area contributed by atoms with Crippen LogP contribution in [0.1, 0.15) is 56.3 Å². The van der Waals surface area contributed by atoms with Crippen LogP contribution in [0.15, 0.2) is 49.1 Å². The van der Waals surface area contributed by atoms with Crippen LogP contribution in [-0.2, 0) is 10.9 Å². The first-order valence-corrected chi connectivity index (χ1v) is 13.3. The number of hydrogen-bond acceptors (Lipinski definition) is 4. The maximum atomic E-state index is 13.5. The summed E-state index contributed by atoms with van der Waals surface area (Å²) in [6.45, 7) is 6.73. The van der Waals surface area contributed by atoms with Crippen LogP contribution in [0.3, 0.4) is 0 Å². The number of fused-ring (bicyclic) bond motifs is 1. The quantitative estimate of drug-likeness (QED) is 0.271. The molecule has 4 heterocycles. The molecular weight excluding hydrogens is 543 g/mol. The van der Waals surface area contributed by atoms with Gasteiger partial charge in [0, 0.05) is 58.8 Å². The van der Waals surface area contributed by atoms with Gasteiger partial charge in [0.25, 0.3) is 0 Å². The van der Waals surface area contributed by atoms with Crippen molar-refractivity contribution in [3.8, 4) is 11.1 Å². The Hall–Kier alpha value is -3.79. The second-order valence-corrected chi connectivity index (χ2v) is 11.3. The predicted molar refractivity (Wildman–Crippen MR) is 149 cm³/mol. The molecule has 1 saturated heterocycles. The van der Waals surface area contributed by atoms with Crippen LogP contribution in [0.4, 0.5) is 18.0 Å². The molecule has 1 N–H and O–H groups in total. The fourth-order valence-electron chi connectivity index (χ4n) is 4.75. The maximum Gasteiger partial charge on any atom is 0.416 e. The topological polar surface area (TPSA) is 76.0 Å². The summed E-state index contributed by atoms with van der Waals surface area (Å²) >= 11 is 5.96. The molecule has 11 heteroatoms. The molecule has 0 bridgehead atoms. The van der Waals surface area contributed by atoms with E-state index in [1.54, 1.807) is 29.6 Å². The Kier molecular flexibility index (Phi) is 7.39. The van der Waals surface area contributed by atoms with Gasteiger partial charge in [-0.1, -0.05) is 23.8 Å². The summed E-state index contributed by atoms with van der Waals surface area (Å²) in [5, 5.41) is 5.56. The molecule has 0 saturated carbocycles. The molecule has 5 rings (SSSR count). The van der Waals surface area contributed by atoms with Crippen molar-refractivity contribution in [2.24, 2.45) is 0 Å². The molecule has 0 aliphatic carbocycles. The highest BCUT2D eigenvalue weighted by atomic mass is 35.5. The number of hydrogen-bond donors (Lipinski definition) is 1. The summed E-state index contributed by atoms with van der Waals surface area (Å²) in [6, 6.07) is 5.60. The minimum absolute atomic E-state index is 0.0162. The molecule has 0 atom stereocenters. The summed E-state index contributed by atoms with van der Waals surface area (Å²) in [6.07, 6.45) is 6.92. The maximum absolute atomic E-state index is 13.5. The van der Waals surface area contributed by atoms with Crippen LogP contribution in [0.2, 0.25) is 5.02 Å². The molecular formula is C29H29ClF3N5O2. The summed E-state index contributed by atoms with van der Waals surface area (Å²) in [5.74, 6) is 0. The summed E-state index contributed by atoms with van der Waals surface area (Å²) in [4.78, 5) is 21.7. The highest BCUT2D eigenvalue weighted by Gasteiger charge is 2.32. The van der Waals surface area contributed by atoms with Crippen molar-refractivity contribution in [3.63, 3.8) is 0 Å². The number of amides is 1. The van der Waals surface area contributed by atoms with Crippen molar-refractivity contribution in [2.45, 2.75) is 51.4 Å². The number of likely N-dealkylation sites (tertiary alicyclic amines) is 1. The van der Waals surface area contributed by atoms with Gasteiger partial charge in [0.2, 0.25) is 0 Å². The zero-order chi connectivity index (χ0) is 28.7. The van der Waals surface area contributed by atoms with Gasteiger partial charge in [0.05, 0.1) is 17.8 Å². The van der Waals surface area contributed by atoms with Crippen LogP contribution in [0, 0.1) is 0 Å². The smallest absolute Gasteiger partial charge is 0.416 e. The fourth-order valence-corrected chi connectivity index (χ4v) is 4.94. The Labute approximate surface area is 234 Å². The van der Waals surface area contributed by atoms with E-state index in [0.29, 0.717) is 24.3 Å². The average molecular weight is 572 g/mol. The monoisotopic (exact) mass is 571 g/mol. The van der Waals surface area contributed by atoms with Crippen molar-refractivity contribution < 1.29 is 22.7 Å². The van der Waals surface area contributed by atoms with Gasteiger partial charge in [-0.3, -0.25) is 4.68 Å². The molecule has 0 spiro atoms. The highest BCUT2D eigenvalue weighted by Crippen LogP contribution is 2.35. The van der Waals surface area contributed by atoms with Gasteiger partial charge >= 0.3 is 12.3 Å². The molecule has 0 radical (unpaired) electrons. The van der Waals surface area contributed by atoms with Gasteiger partial charge < -0.3 is 14.6 Å². The second kappa shape index (κ2) is 10.6. The molecule has 1 amide bonds. The first kappa shape index (κ1) is 27.8. The lowest BCUT2D eigenvalue weighted by Gasteiger charge is -2.33. The van der Waals surface area contributed by atoms with Gasteiger partial charge in [0.1, 0.15) is 11.2 Å². The summed E-state index contributed by atoms with van der Waals surface area (Å²) in [7, 11) is 0. The number of halogens is 4. The number of aromatic amines is 1. The number of aromatic nitrogens is 4. The number of pyridine rings is 1. The van der Waals surface area contributed by atoms with Crippen LogP contribution in [0.5, 0.6) is 0 Å². The van der Waals surface area contributed by atoms with E-state index in [1.807, 2.05) is 37.7 Å². The molecule has 3 aromatic heterocycles. The number of carbonyl (C=O) groups excluding carboxylic acids is 1. The SMILES string of the molecule is CC(C)(C)OC(=O)N1CCC(n2cc(-c3cnc4[nH]cc(/C=C/c5cc(Cl)ccc5C(F)(F)F)c4c3)cn2)CC1. The van der Waals surface area contributed by atoms with Crippen LogP contribution >= 0.6 is 11.6 Å². The predicted octanol–water partition coefficient (Wildman–Crippen LogP) is 7.84. The molecule has 40 heavy (non-hydrogen) atoms. The number of piperidine rings is 1. The molecule has 210 valence electrons. The number of H-pyrrole nitrogens is 1. The number of nitrogens with zero attached hydrogens (tertiary/aromatic N) is 4.